The minimum absolute atomic E-state index is 0.183. The fraction of sp³-hybridized carbons (Fsp3) is 0.318. The van der Waals surface area contributed by atoms with Crippen molar-refractivity contribution in [2.24, 2.45) is 0 Å². The molecule has 0 bridgehead atoms. The van der Waals surface area contributed by atoms with Gasteiger partial charge in [-0.2, -0.15) is 0 Å². The molecule has 3 aromatic rings. The average Bonchev–Trinajstić information content (AvgIpc) is 3.47. The van der Waals surface area contributed by atoms with E-state index in [4.69, 9.17) is 14.2 Å². The van der Waals surface area contributed by atoms with Crippen LogP contribution in [0.2, 0.25) is 0 Å². The first-order valence-electron chi connectivity index (χ1n) is 9.81. The second kappa shape index (κ2) is 9.62. The van der Waals surface area contributed by atoms with Crippen molar-refractivity contribution < 1.29 is 19.0 Å². The van der Waals surface area contributed by atoms with Gasteiger partial charge in [0.1, 0.15) is 5.69 Å². The van der Waals surface area contributed by atoms with Gasteiger partial charge in [-0.3, -0.25) is 4.79 Å². The van der Waals surface area contributed by atoms with Gasteiger partial charge in [-0.1, -0.05) is 53.7 Å². The van der Waals surface area contributed by atoms with Crippen molar-refractivity contribution in [3.63, 3.8) is 0 Å². The quantitative estimate of drug-likeness (QED) is 0.569. The molecule has 1 atom stereocenters. The zero-order chi connectivity index (χ0) is 20.8. The molecule has 2 aromatic carbocycles. The van der Waals surface area contributed by atoms with Gasteiger partial charge in [0, 0.05) is 7.11 Å². The molecule has 0 N–H and O–H groups in total. The third-order valence-electron chi connectivity index (χ3n) is 4.85. The summed E-state index contributed by atoms with van der Waals surface area (Å²) >= 11 is 0. The van der Waals surface area contributed by atoms with E-state index in [1.807, 2.05) is 66.9 Å². The predicted octanol–water partition coefficient (Wildman–Crippen LogP) is 2.36. The molecule has 0 unspecified atom stereocenters. The summed E-state index contributed by atoms with van der Waals surface area (Å²) in [5.74, 6) is -0.183. The Kier molecular flexibility index (Phi) is 6.48. The highest BCUT2D eigenvalue weighted by Crippen LogP contribution is 2.21. The topological polar surface area (TPSA) is 78.7 Å². The second-order valence-electron chi connectivity index (χ2n) is 6.91. The molecule has 8 nitrogen and oxygen atoms in total. The standard InChI is InChI=1S/C22H24N4O4/c1-28-21(17-8-4-2-5-9-17)22(27)25(16-20-29-12-13-30-20)14-18-15-26(24-23-18)19-10-6-3-7-11-19/h2-11,15,20-21H,12-14,16H2,1H3/t21-/m1/s1. The normalized spacial score (nSPS) is 15.2. The number of benzene rings is 2. The number of para-hydroxylation sites is 1. The zero-order valence-electron chi connectivity index (χ0n) is 16.8. The van der Waals surface area contributed by atoms with Crippen LogP contribution in [-0.4, -0.2) is 59.0 Å². The second-order valence-corrected chi connectivity index (χ2v) is 6.91. The van der Waals surface area contributed by atoms with Gasteiger partial charge >= 0.3 is 0 Å². The van der Waals surface area contributed by atoms with Crippen molar-refractivity contribution in [3.05, 3.63) is 78.1 Å². The van der Waals surface area contributed by atoms with E-state index in [9.17, 15) is 4.79 Å². The minimum Gasteiger partial charge on any atom is -0.367 e. The van der Waals surface area contributed by atoms with E-state index in [-0.39, 0.29) is 19.0 Å². The molecular weight excluding hydrogens is 384 g/mol. The Morgan fingerprint density at radius 2 is 1.80 bits per heavy atom. The molecule has 8 heteroatoms. The maximum Gasteiger partial charge on any atom is 0.256 e. The van der Waals surface area contributed by atoms with Crippen LogP contribution in [0.4, 0.5) is 0 Å². The fourth-order valence-corrected chi connectivity index (χ4v) is 3.37. The van der Waals surface area contributed by atoms with E-state index in [0.717, 1.165) is 11.3 Å². The van der Waals surface area contributed by atoms with Crippen molar-refractivity contribution in [1.29, 1.82) is 0 Å². The Bertz CT molecular complexity index is 942. The molecule has 1 aromatic heterocycles. The Labute approximate surface area is 175 Å². The Hall–Kier alpha value is -3.07. The van der Waals surface area contributed by atoms with E-state index < -0.39 is 12.4 Å². The highest BCUT2D eigenvalue weighted by molar-refractivity contribution is 5.82. The Morgan fingerprint density at radius 3 is 2.47 bits per heavy atom. The van der Waals surface area contributed by atoms with Gasteiger partial charge in [0.05, 0.1) is 38.2 Å². The molecule has 4 rings (SSSR count). The molecule has 0 spiro atoms. The number of rotatable bonds is 8. The van der Waals surface area contributed by atoms with Crippen LogP contribution in [0.1, 0.15) is 17.4 Å². The van der Waals surface area contributed by atoms with Gasteiger partial charge in [0.25, 0.3) is 5.91 Å². The number of hydrogen-bond donors (Lipinski definition) is 0. The number of ether oxygens (including phenoxy) is 3. The summed E-state index contributed by atoms with van der Waals surface area (Å²) in [5, 5.41) is 8.43. The van der Waals surface area contributed by atoms with Crippen molar-refractivity contribution >= 4 is 5.91 Å². The summed E-state index contributed by atoms with van der Waals surface area (Å²) in [7, 11) is 1.53. The van der Waals surface area contributed by atoms with Crippen LogP contribution in [0.25, 0.3) is 5.69 Å². The zero-order valence-corrected chi connectivity index (χ0v) is 16.8. The van der Waals surface area contributed by atoms with E-state index in [2.05, 4.69) is 10.3 Å². The number of carbonyl (C=O) groups is 1. The summed E-state index contributed by atoms with van der Waals surface area (Å²) in [4.78, 5) is 15.0. The fourth-order valence-electron chi connectivity index (χ4n) is 3.37. The lowest BCUT2D eigenvalue weighted by Gasteiger charge is -2.28. The number of nitrogens with zero attached hydrogens (tertiary/aromatic N) is 4. The molecule has 1 saturated heterocycles. The lowest BCUT2D eigenvalue weighted by Crippen LogP contribution is -2.40. The molecule has 1 aliphatic heterocycles. The highest BCUT2D eigenvalue weighted by atomic mass is 16.7. The minimum atomic E-state index is -0.725. The van der Waals surface area contributed by atoms with Crippen LogP contribution in [-0.2, 0) is 25.5 Å². The largest absolute Gasteiger partial charge is 0.367 e. The van der Waals surface area contributed by atoms with E-state index in [1.165, 1.54) is 7.11 Å². The first kappa shape index (κ1) is 20.2. The number of amides is 1. The molecule has 1 aliphatic rings. The number of hydrogen-bond acceptors (Lipinski definition) is 6. The Balaban J connectivity index is 1.55. The molecule has 0 radical (unpaired) electrons. The molecule has 2 heterocycles. The van der Waals surface area contributed by atoms with Gasteiger partial charge in [0.15, 0.2) is 12.4 Å². The molecule has 156 valence electrons. The molecule has 1 amide bonds. The van der Waals surface area contributed by atoms with E-state index in [1.54, 1.807) is 9.58 Å². The van der Waals surface area contributed by atoms with Gasteiger partial charge < -0.3 is 19.1 Å². The number of methoxy groups -OCH3 is 1. The molecule has 1 fully saturated rings. The van der Waals surface area contributed by atoms with Crippen molar-refractivity contribution in [2.45, 2.75) is 18.9 Å². The van der Waals surface area contributed by atoms with Gasteiger partial charge in [-0.05, 0) is 17.7 Å². The smallest absolute Gasteiger partial charge is 0.256 e. The predicted molar refractivity (Wildman–Crippen MR) is 109 cm³/mol. The summed E-state index contributed by atoms with van der Waals surface area (Å²) < 4.78 is 18.4. The third-order valence-corrected chi connectivity index (χ3v) is 4.85. The van der Waals surface area contributed by atoms with Gasteiger partial charge in [0.2, 0.25) is 0 Å². The van der Waals surface area contributed by atoms with Crippen molar-refractivity contribution in [1.82, 2.24) is 19.9 Å². The molecular formula is C22H24N4O4. The van der Waals surface area contributed by atoms with Crippen LogP contribution in [0.5, 0.6) is 0 Å². The van der Waals surface area contributed by atoms with Crippen LogP contribution in [0.15, 0.2) is 66.9 Å². The lowest BCUT2D eigenvalue weighted by molar-refractivity contribution is -0.149. The maximum atomic E-state index is 13.4. The van der Waals surface area contributed by atoms with Crippen LogP contribution in [0, 0.1) is 0 Å². The monoisotopic (exact) mass is 408 g/mol. The summed E-state index contributed by atoms with van der Waals surface area (Å²) in [6, 6.07) is 19.1. The average molecular weight is 408 g/mol. The Morgan fingerprint density at radius 1 is 1.13 bits per heavy atom. The van der Waals surface area contributed by atoms with E-state index in [0.29, 0.717) is 18.9 Å². The van der Waals surface area contributed by atoms with Gasteiger partial charge in [-0.25, -0.2) is 4.68 Å². The van der Waals surface area contributed by atoms with Crippen LogP contribution < -0.4 is 0 Å². The first-order valence-corrected chi connectivity index (χ1v) is 9.81. The maximum absolute atomic E-state index is 13.4. The third kappa shape index (κ3) is 4.73. The molecule has 0 aliphatic carbocycles. The summed E-state index contributed by atoms with van der Waals surface area (Å²) in [6.07, 6.45) is 0.624. The SMILES string of the molecule is CO[C@@H](C(=O)N(Cc1cn(-c2ccccc2)nn1)CC1OCCO1)c1ccccc1. The summed E-state index contributed by atoms with van der Waals surface area (Å²) in [6.45, 7) is 1.58. The van der Waals surface area contributed by atoms with Crippen LogP contribution in [0.3, 0.4) is 0 Å². The number of aromatic nitrogens is 3. The molecule has 0 saturated carbocycles. The lowest BCUT2D eigenvalue weighted by atomic mass is 10.1. The number of carbonyl (C=O) groups excluding carboxylic acids is 1. The highest BCUT2D eigenvalue weighted by Gasteiger charge is 2.30. The van der Waals surface area contributed by atoms with Crippen molar-refractivity contribution in [2.75, 3.05) is 26.9 Å². The van der Waals surface area contributed by atoms with Gasteiger partial charge in [-0.15, -0.1) is 5.10 Å². The first-order chi connectivity index (χ1) is 14.7. The van der Waals surface area contributed by atoms with Crippen molar-refractivity contribution in [3.8, 4) is 5.69 Å². The molecule has 30 heavy (non-hydrogen) atoms. The van der Waals surface area contributed by atoms with Crippen LogP contribution >= 0.6 is 0 Å². The summed E-state index contributed by atoms with van der Waals surface area (Å²) in [5.41, 5.74) is 2.35. The van der Waals surface area contributed by atoms with E-state index >= 15 is 0 Å².